The van der Waals surface area contributed by atoms with E-state index in [0.717, 1.165) is 21.7 Å². The minimum absolute atomic E-state index is 0.0223. The molecule has 0 unspecified atom stereocenters. The first-order valence-electron chi connectivity index (χ1n) is 6.50. The van der Waals surface area contributed by atoms with Gasteiger partial charge in [0.2, 0.25) is 0 Å². The Hall–Kier alpha value is -2.41. The number of aryl methyl sites for hydroxylation is 1. The molecule has 112 valence electrons. The zero-order valence-corrected chi connectivity index (χ0v) is 13.4. The Morgan fingerprint density at radius 2 is 1.82 bits per heavy atom. The van der Waals surface area contributed by atoms with E-state index >= 15 is 0 Å². The molecule has 0 saturated heterocycles. The number of nitrogens with zero attached hydrogens (tertiary/aromatic N) is 1. The number of halogens is 1. The first-order chi connectivity index (χ1) is 10.3. The van der Waals surface area contributed by atoms with Gasteiger partial charge in [-0.3, -0.25) is 24.3 Å². The third-order valence-corrected chi connectivity index (χ3v) is 4.60. The molecule has 22 heavy (non-hydrogen) atoms. The number of hydrogen-bond acceptors (Lipinski definition) is 4. The van der Waals surface area contributed by atoms with Crippen molar-refractivity contribution in [3.05, 3.63) is 55.3 Å². The van der Waals surface area contributed by atoms with E-state index in [4.69, 9.17) is 5.73 Å². The SMILES string of the molecule is Cc1ccc(Br)c(C)c1-n1c(N)c2c(cc1=O)C(=O)NC2=O. The Balaban J connectivity index is 2.43. The number of carbonyl (C=O) groups excluding carboxylic acids is 2. The lowest BCUT2D eigenvalue weighted by Gasteiger charge is -2.17. The Labute approximate surface area is 134 Å². The van der Waals surface area contributed by atoms with Crippen molar-refractivity contribution in [1.29, 1.82) is 0 Å². The molecule has 2 amide bonds. The Morgan fingerprint density at radius 3 is 2.50 bits per heavy atom. The maximum atomic E-state index is 12.4. The molecule has 1 aromatic carbocycles. The van der Waals surface area contributed by atoms with Crippen molar-refractivity contribution in [3.8, 4) is 5.69 Å². The lowest BCUT2D eigenvalue weighted by molar-refractivity contribution is 0.0880. The number of nitrogen functional groups attached to an aromatic ring is 1. The molecule has 0 bridgehead atoms. The maximum Gasteiger partial charge on any atom is 0.262 e. The van der Waals surface area contributed by atoms with Gasteiger partial charge in [0.15, 0.2) is 0 Å². The van der Waals surface area contributed by atoms with Gasteiger partial charge < -0.3 is 5.73 Å². The standard InChI is InChI=1S/C15H12BrN3O3/c1-6-3-4-9(16)7(2)12(6)19-10(20)5-8-11(13(19)17)15(22)18-14(8)21/h3-5H,17H2,1-2H3,(H,18,21,22). The zero-order chi connectivity index (χ0) is 16.2. The number of anilines is 1. The molecule has 0 fully saturated rings. The van der Waals surface area contributed by atoms with Gasteiger partial charge in [-0.1, -0.05) is 22.0 Å². The summed E-state index contributed by atoms with van der Waals surface area (Å²) < 4.78 is 2.09. The van der Waals surface area contributed by atoms with Crippen LogP contribution in [0, 0.1) is 13.8 Å². The van der Waals surface area contributed by atoms with Crippen molar-refractivity contribution in [2.45, 2.75) is 13.8 Å². The highest BCUT2D eigenvalue weighted by molar-refractivity contribution is 9.10. The third kappa shape index (κ3) is 1.89. The summed E-state index contributed by atoms with van der Waals surface area (Å²) in [7, 11) is 0. The summed E-state index contributed by atoms with van der Waals surface area (Å²) in [5.74, 6) is -1.22. The summed E-state index contributed by atoms with van der Waals surface area (Å²) in [4.78, 5) is 36.0. The van der Waals surface area contributed by atoms with E-state index in [9.17, 15) is 14.4 Å². The Kier molecular flexibility index (Phi) is 3.17. The highest BCUT2D eigenvalue weighted by Gasteiger charge is 2.32. The number of rotatable bonds is 1. The second-order valence-corrected chi connectivity index (χ2v) is 5.97. The molecule has 3 N–H and O–H groups in total. The van der Waals surface area contributed by atoms with Crippen molar-refractivity contribution in [1.82, 2.24) is 9.88 Å². The van der Waals surface area contributed by atoms with Gasteiger partial charge in [0.05, 0.1) is 16.8 Å². The van der Waals surface area contributed by atoms with Crippen molar-refractivity contribution in [2.24, 2.45) is 0 Å². The van der Waals surface area contributed by atoms with Crippen LogP contribution in [0.25, 0.3) is 5.69 Å². The van der Waals surface area contributed by atoms with Crippen molar-refractivity contribution < 1.29 is 9.59 Å². The molecule has 0 saturated carbocycles. The number of carbonyl (C=O) groups is 2. The molecule has 2 heterocycles. The second kappa shape index (κ2) is 4.81. The molecular weight excluding hydrogens is 350 g/mol. The molecule has 0 spiro atoms. The van der Waals surface area contributed by atoms with Crippen LogP contribution in [0.3, 0.4) is 0 Å². The summed E-state index contributed by atoms with van der Waals surface area (Å²) in [5.41, 5.74) is 7.91. The highest BCUT2D eigenvalue weighted by Crippen LogP contribution is 2.29. The van der Waals surface area contributed by atoms with Crippen molar-refractivity contribution >= 4 is 33.6 Å². The first-order valence-corrected chi connectivity index (χ1v) is 7.29. The highest BCUT2D eigenvalue weighted by atomic mass is 79.9. The average molecular weight is 362 g/mol. The van der Waals surface area contributed by atoms with Crippen molar-refractivity contribution in [3.63, 3.8) is 0 Å². The Morgan fingerprint density at radius 1 is 1.14 bits per heavy atom. The van der Waals surface area contributed by atoms with Crippen LogP contribution in [-0.2, 0) is 0 Å². The molecule has 1 aliphatic heterocycles. The van der Waals surface area contributed by atoms with Gasteiger partial charge in [-0.25, -0.2) is 0 Å². The number of amides is 2. The van der Waals surface area contributed by atoms with Crippen LogP contribution in [0.5, 0.6) is 0 Å². The van der Waals surface area contributed by atoms with Crippen LogP contribution >= 0.6 is 15.9 Å². The molecule has 0 atom stereocenters. The average Bonchev–Trinajstić information content (AvgIpc) is 2.73. The summed E-state index contributed by atoms with van der Waals surface area (Å²) in [6.07, 6.45) is 0. The molecular formula is C15H12BrN3O3. The van der Waals surface area contributed by atoms with Gasteiger partial charge in [0.1, 0.15) is 5.82 Å². The normalized spacial score (nSPS) is 13.2. The van der Waals surface area contributed by atoms with Crippen molar-refractivity contribution in [2.75, 3.05) is 5.73 Å². The topological polar surface area (TPSA) is 94.2 Å². The second-order valence-electron chi connectivity index (χ2n) is 5.11. The number of hydrogen-bond donors (Lipinski definition) is 2. The van der Waals surface area contributed by atoms with Gasteiger partial charge in [0, 0.05) is 10.5 Å². The van der Waals surface area contributed by atoms with E-state index in [1.165, 1.54) is 4.57 Å². The number of nitrogens with two attached hydrogens (primary N) is 1. The van der Waals surface area contributed by atoms with E-state index < -0.39 is 17.4 Å². The van der Waals surface area contributed by atoms with Crippen LogP contribution in [-0.4, -0.2) is 16.4 Å². The summed E-state index contributed by atoms with van der Waals surface area (Å²) in [5, 5.41) is 2.15. The fourth-order valence-electron chi connectivity index (χ4n) is 2.67. The molecule has 0 radical (unpaired) electrons. The van der Waals surface area contributed by atoms with Gasteiger partial charge in [0.25, 0.3) is 17.4 Å². The molecule has 1 aliphatic rings. The predicted molar refractivity (Wildman–Crippen MR) is 85.4 cm³/mol. The summed E-state index contributed by atoms with van der Waals surface area (Å²) in [6.45, 7) is 3.69. The van der Waals surface area contributed by atoms with Gasteiger partial charge in [-0.05, 0) is 31.0 Å². The van der Waals surface area contributed by atoms with Crippen LogP contribution in [0.4, 0.5) is 5.82 Å². The third-order valence-electron chi connectivity index (χ3n) is 3.74. The summed E-state index contributed by atoms with van der Waals surface area (Å²) in [6, 6.07) is 4.86. The number of imide groups is 1. The Bertz CT molecular complexity index is 915. The fraction of sp³-hybridized carbons (Fsp3) is 0.133. The lowest BCUT2D eigenvalue weighted by atomic mass is 10.1. The van der Waals surface area contributed by atoms with Crippen LogP contribution in [0.2, 0.25) is 0 Å². The van der Waals surface area contributed by atoms with E-state index in [-0.39, 0.29) is 16.9 Å². The first kappa shape index (κ1) is 14.5. The number of fused-ring (bicyclic) bond motifs is 1. The smallest absolute Gasteiger partial charge is 0.262 e. The minimum Gasteiger partial charge on any atom is -0.384 e. The molecule has 3 rings (SSSR count). The largest absolute Gasteiger partial charge is 0.384 e. The summed E-state index contributed by atoms with van der Waals surface area (Å²) >= 11 is 3.42. The minimum atomic E-state index is -0.598. The van der Waals surface area contributed by atoms with E-state index in [0.29, 0.717) is 5.69 Å². The number of benzene rings is 1. The predicted octanol–water partition coefficient (Wildman–Crippen LogP) is 1.68. The van der Waals surface area contributed by atoms with Gasteiger partial charge >= 0.3 is 0 Å². The fourth-order valence-corrected chi connectivity index (χ4v) is 2.98. The van der Waals surface area contributed by atoms with E-state index in [1.54, 1.807) is 0 Å². The number of pyridine rings is 1. The van der Waals surface area contributed by atoms with E-state index in [2.05, 4.69) is 21.2 Å². The van der Waals surface area contributed by atoms with Crippen LogP contribution in [0.15, 0.2) is 27.5 Å². The molecule has 0 aliphatic carbocycles. The molecule has 1 aromatic heterocycles. The van der Waals surface area contributed by atoms with Crippen LogP contribution < -0.4 is 16.6 Å². The maximum absolute atomic E-state index is 12.4. The van der Waals surface area contributed by atoms with Crippen LogP contribution in [0.1, 0.15) is 31.8 Å². The van der Waals surface area contributed by atoms with E-state index in [1.807, 2.05) is 26.0 Å². The van der Waals surface area contributed by atoms with Gasteiger partial charge in [-0.15, -0.1) is 0 Å². The molecule has 7 heteroatoms. The number of nitrogens with one attached hydrogen (secondary N) is 1. The monoisotopic (exact) mass is 361 g/mol. The van der Waals surface area contributed by atoms with Gasteiger partial charge in [-0.2, -0.15) is 0 Å². The quantitative estimate of drug-likeness (QED) is 0.755. The molecule has 6 nitrogen and oxygen atoms in total. The lowest BCUT2D eigenvalue weighted by Crippen LogP contribution is -2.25. The zero-order valence-electron chi connectivity index (χ0n) is 11.9. The number of aromatic nitrogens is 1. The molecule has 2 aromatic rings.